The number of nitrogens with one attached hydrogen (secondary N) is 1. The third-order valence-electron chi connectivity index (χ3n) is 4.98. The van der Waals surface area contributed by atoms with Crippen molar-refractivity contribution in [3.63, 3.8) is 0 Å². The lowest BCUT2D eigenvalue weighted by Crippen LogP contribution is -2.41. The lowest BCUT2D eigenvalue weighted by Gasteiger charge is -2.24. The van der Waals surface area contributed by atoms with E-state index in [1.165, 1.54) is 0 Å². The highest BCUT2D eigenvalue weighted by atomic mass is 32.2. The normalized spacial score (nSPS) is 18.4. The molecule has 1 N–H and O–H groups in total. The summed E-state index contributed by atoms with van der Waals surface area (Å²) in [6.07, 6.45) is 4.62. The van der Waals surface area contributed by atoms with Crippen LogP contribution in [0, 0.1) is 5.92 Å². The number of carbonyl (C=O) groups excluding carboxylic acids is 2. The van der Waals surface area contributed by atoms with E-state index in [1.807, 2.05) is 54.8 Å². The summed E-state index contributed by atoms with van der Waals surface area (Å²) in [5, 5.41) is 2.91. The number of hydrogen-bond donors (Lipinski definition) is 1. The Labute approximate surface area is 162 Å². The van der Waals surface area contributed by atoms with Crippen LogP contribution in [0.3, 0.4) is 0 Å². The van der Waals surface area contributed by atoms with Crippen molar-refractivity contribution >= 4 is 46.4 Å². The standard InChI is InChI=1S/C21H21N3O2S/c1-27-15-7-4-6-14(12-15)22-20(25)13-24-19-11-3-2-9-18(19)23-17-10-5-8-16(17)21(24)26/h2-4,6-7,9,11-12,16H,5,8,10,13H2,1H3,(H,22,25). The van der Waals surface area contributed by atoms with E-state index in [9.17, 15) is 9.59 Å². The molecule has 0 bridgehead atoms. The maximum absolute atomic E-state index is 13.1. The number of anilines is 2. The van der Waals surface area contributed by atoms with E-state index in [2.05, 4.69) is 5.32 Å². The van der Waals surface area contributed by atoms with E-state index in [-0.39, 0.29) is 24.3 Å². The SMILES string of the molecule is CSc1cccc(NC(=O)CN2C(=O)C3CCCC3=Nc3ccccc32)c1. The van der Waals surface area contributed by atoms with Gasteiger partial charge in [0.25, 0.3) is 0 Å². The molecule has 27 heavy (non-hydrogen) atoms. The molecule has 1 aliphatic carbocycles. The minimum absolute atomic E-state index is 0.0152. The van der Waals surface area contributed by atoms with E-state index in [0.29, 0.717) is 5.69 Å². The number of aliphatic imine (C=N–C) groups is 1. The summed E-state index contributed by atoms with van der Waals surface area (Å²) < 4.78 is 0. The fraction of sp³-hybridized carbons (Fsp3) is 0.286. The van der Waals surface area contributed by atoms with Gasteiger partial charge in [0.05, 0.1) is 17.3 Å². The second-order valence-corrected chi connectivity index (χ2v) is 7.62. The fourth-order valence-electron chi connectivity index (χ4n) is 3.68. The van der Waals surface area contributed by atoms with Gasteiger partial charge in [-0.25, -0.2) is 0 Å². The largest absolute Gasteiger partial charge is 0.324 e. The second kappa shape index (κ2) is 7.56. The Morgan fingerprint density at radius 1 is 1.26 bits per heavy atom. The Balaban J connectivity index is 1.59. The van der Waals surface area contributed by atoms with Gasteiger partial charge in [-0.3, -0.25) is 14.6 Å². The molecule has 0 aromatic heterocycles. The molecule has 5 nitrogen and oxygen atoms in total. The van der Waals surface area contributed by atoms with Crippen LogP contribution in [0.4, 0.5) is 17.1 Å². The van der Waals surface area contributed by atoms with Gasteiger partial charge < -0.3 is 10.2 Å². The first kappa shape index (κ1) is 17.8. The summed E-state index contributed by atoms with van der Waals surface area (Å²) in [6, 6.07) is 15.2. The molecule has 0 radical (unpaired) electrons. The number of para-hydroxylation sites is 2. The van der Waals surface area contributed by atoms with E-state index in [4.69, 9.17) is 4.99 Å². The molecule has 2 amide bonds. The van der Waals surface area contributed by atoms with Crippen LogP contribution >= 0.6 is 11.8 Å². The van der Waals surface area contributed by atoms with E-state index >= 15 is 0 Å². The molecule has 1 aliphatic heterocycles. The number of benzene rings is 2. The van der Waals surface area contributed by atoms with Gasteiger partial charge in [0.15, 0.2) is 0 Å². The summed E-state index contributed by atoms with van der Waals surface area (Å²) in [4.78, 5) is 33.2. The second-order valence-electron chi connectivity index (χ2n) is 6.74. The molecule has 1 heterocycles. The predicted molar refractivity (Wildman–Crippen MR) is 110 cm³/mol. The third-order valence-corrected chi connectivity index (χ3v) is 5.71. The zero-order chi connectivity index (χ0) is 18.8. The van der Waals surface area contributed by atoms with Crippen molar-refractivity contribution in [2.45, 2.75) is 24.2 Å². The molecule has 2 aromatic rings. The number of thioether (sulfide) groups is 1. The highest BCUT2D eigenvalue weighted by Crippen LogP contribution is 2.37. The van der Waals surface area contributed by atoms with Gasteiger partial charge in [0.1, 0.15) is 6.54 Å². The molecule has 0 saturated heterocycles. The summed E-state index contributed by atoms with van der Waals surface area (Å²) in [5.74, 6) is -0.438. The molecule has 4 rings (SSSR count). The first-order valence-electron chi connectivity index (χ1n) is 9.07. The lowest BCUT2D eigenvalue weighted by molar-refractivity contribution is -0.122. The molecule has 1 fully saturated rings. The predicted octanol–water partition coefficient (Wildman–Crippen LogP) is 4.27. The molecule has 2 aromatic carbocycles. The Bertz CT molecular complexity index is 925. The van der Waals surface area contributed by atoms with Gasteiger partial charge in [-0.2, -0.15) is 0 Å². The van der Waals surface area contributed by atoms with Crippen LogP contribution in [0.2, 0.25) is 0 Å². The van der Waals surface area contributed by atoms with Gasteiger partial charge in [-0.15, -0.1) is 11.8 Å². The van der Waals surface area contributed by atoms with Gasteiger partial charge in [-0.05, 0) is 55.9 Å². The molecular weight excluding hydrogens is 358 g/mol. The quantitative estimate of drug-likeness (QED) is 0.807. The maximum atomic E-state index is 13.1. The molecule has 1 saturated carbocycles. The molecular formula is C21H21N3O2S. The van der Waals surface area contributed by atoms with Crippen LogP contribution in [0.25, 0.3) is 0 Å². The molecule has 0 spiro atoms. The number of nitrogens with zero attached hydrogens (tertiary/aromatic N) is 2. The van der Waals surface area contributed by atoms with Crippen molar-refractivity contribution in [3.8, 4) is 0 Å². The zero-order valence-corrected chi connectivity index (χ0v) is 16.0. The third kappa shape index (κ3) is 3.62. The van der Waals surface area contributed by atoms with Gasteiger partial charge >= 0.3 is 0 Å². The maximum Gasteiger partial charge on any atom is 0.244 e. The Morgan fingerprint density at radius 3 is 2.96 bits per heavy atom. The zero-order valence-electron chi connectivity index (χ0n) is 15.1. The number of hydrogen-bond acceptors (Lipinski definition) is 4. The van der Waals surface area contributed by atoms with Crippen LogP contribution in [0.1, 0.15) is 19.3 Å². The highest BCUT2D eigenvalue weighted by Gasteiger charge is 2.37. The molecule has 138 valence electrons. The monoisotopic (exact) mass is 379 g/mol. The van der Waals surface area contributed by atoms with Crippen LogP contribution in [-0.4, -0.2) is 30.3 Å². The number of amides is 2. The van der Waals surface area contributed by atoms with Crippen molar-refractivity contribution < 1.29 is 9.59 Å². The van der Waals surface area contributed by atoms with E-state index in [1.54, 1.807) is 16.7 Å². The minimum Gasteiger partial charge on any atom is -0.324 e. The lowest BCUT2D eigenvalue weighted by atomic mass is 10.1. The Morgan fingerprint density at radius 2 is 2.11 bits per heavy atom. The molecule has 6 heteroatoms. The average molecular weight is 379 g/mol. The van der Waals surface area contributed by atoms with Crippen molar-refractivity contribution in [2.24, 2.45) is 10.9 Å². The average Bonchev–Trinajstić information content (AvgIpc) is 3.11. The smallest absolute Gasteiger partial charge is 0.244 e. The van der Waals surface area contributed by atoms with Crippen LogP contribution < -0.4 is 10.2 Å². The van der Waals surface area contributed by atoms with Crippen LogP contribution in [0.15, 0.2) is 58.4 Å². The molecule has 1 atom stereocenters. The van der Waals surface area contributed by atoms with Gasteiger partial charge in [-0.1, -0.05) is 18.2 Å². The van der Waals surface area contributed by atoms with E-state index < -0.39 is 0 Å². The van der Waals surface area contributed by atoms with Crippen molar-refractivity contribution in [3.05, 3.63) is 48.5 Å². The van der Waals surface area contributed by atoms with Gasteiger partial charge in [0.2, 0.25) is 11.8 Å². The summed E-state index contributed by atoms with van der Waals surface area (Å²) in [7, 11) is 0. The van der Waals surface area contributed by atoms with E-state index in [0.717, 1.165) is 41.2 Å². The summed E-state index contributed by atoms with van der Waals surface area (Å²) in [6.45, 7) is -0.0152. The minimum atomic E-state index is -0.210. The number of fused-ring (bicyclic) bond motifs is 2. The fourth-order valence-corrected chi connectivity index (χ4v) is 4.14. The highest BCUT2D eigenvalue weighted by molar-refractivity contribution is 7.98. The van der Waals surface area contributed by atoms with Crippen molar-refractivity contribution in [2.75, 3.05) is 23.0 Å². The van der Waals surface area contributed by atoms with Crippen molar-refractivity contribution in [1.29, 1.82) is 0 Å². The first-order chi connectivity index (χ1) is 13.2. The number of rotatable bonds is 4. The first-order valence-corrected chi connectivity index (χ1v) is 10.3. The molecule has 1 unspecified atom stereocenters. The summed E-state index contributed by atoms with van der Waals surface area (Å²) in [5.41, 5.74) is 3.16. The summed E-state index contributed by atoms with van der Waals surface area (Å²) >= 11 is 1.62. The van der Waals surface area contributed by atoms with Gasteiger partial charge in [0, 0.05) is 16.3 Å². The van der Waals surface area contributed by atoms with Crippen LogP contribution in [-0.2, 0) is 9.59 Å². The van der Waals surface area contributed by atoms with Crippen molar-refractivity contribution in [1.82, 2.24) is 0 Å². The molecule has 2 aliphatic rings. The number of carbonyl (C=O) groups is 2. The van der Waals surface area contributed by atoms with Crippen LogP contribution in [0.5, 0.6) is 0 Å². The Kier molecular flexibility index (Phi) is 4.99. The topological polar surface area (TPSA) is 61.8 Å². The Hall–Kier alpha value is -2.60.